The van der Waals surface area contributed by atoms with Crippen molar-refractivity contribution in [2.75, 3.05) is 26.1 Å². The van der Waals surface area contributed by atoms with E-state index in [4.69, 9.17) is 9.47 Å². The van der Waals surface area contributed by atoms with Crippen molar-refractivity contribution in [2.45, 2.75) is 13.3 Å². The lowest BCUT2D eigenvalue weighted by atomic mass is 10.1. The van der Waals surface area contributed by atoms with Crippen molar-refractivity contribution in [3.05, 3.63) is 52.0 Å². The summed E-state index contributed by atoms with van der Waals surface area (Å²) in [6, 6.07) is 11.2. The fraction of sp³-hybridized carbons (Fsp3) is 0.278. The van der Waals surface area contributed by atoms with Gasteiger partial charge in [0.2, 0.25) is 0 Å². The lowest BCUT2D eigenvalue weighted by Crippen LogP contribution is -2.30. The highest BCUT2D eigenvalue weighted by molar-refractivity contribution is 9.10. The molecule has 2 aromatic carbocycles. The molecular weight excluding hydrogens is 372 g/mol. The highest BCUT2D eigenvalue weighted by Crippen LogP contribution is 2.27. The van der Waals surface area contributed by atoms with Gasteiger partial charge in [-0.25, -0.2) is 4.79 Å². The number of rotatable bonds is 6. The highest BCUT2D eigenvalue weighted by Gasteiger charge is 2.06. The van der Waals surface area contributed by atoms with Crippen LogP contribution in [0.2, 0.25) is 0 Å². The van der Waals surface area contributed by atoms with Gasteiger partial charge in [0.1, 0.15) is 0 Å². The number of amides is 2. The molecule has 0 aliphatic heterocycles. The molecule has 0 heterocycles. The third-order valence-electron chi connectivity index (χ3n) is 3.58. The Bertz CT molecular complexity index is 719. The number of urea groups is 1. The standard InChI is InChI=1S/C18H21BrN2O3/c1-12-4-6-14(11-15(12)19)21-18(22)20-9-8-13-5-7-16(23-2)17(10-13)24-3/h4-7,10-11H,8-9H2,1-3H3,(H2,20,21,22). The summed E-state index contributed by atoms with van der Waals surface area (Å²) in [6.45, 7) is 2.52. The van der Waals surface area contributed by atoms with E-state index in [2.05, 4.69) is 26.6 Å². The molecule has 0 saturated heterocycles. The number of hydrogen-bond donors (Lipinski definition) is 2. The van der Waals surface area contributed by atoms with E-state index in [9.17, 15) is 4.79 Å². The summed E-state index contributed by atoms with van der Waals surface area (Å²) in [5, 5.41) is 5.65. The Morgan fingerprint density at radius 1 is 1.08 bits per heavy atom. The number of methoxy groups -OCH3 is 2. The molecule has 2 N–H and O–H groups in total. The topological polar surface area (TPSA) is 59.6 Å². The fourth-order valence-electron chi connectivity index (χ4n) is 2.20. The van der Waals surface area contributed by atoms with Crippen molar-refractivity contribution in [3.63, 3.8) is 0 Å². The van der Waals surface area contributed by atoms with Crippen LogP contribution in [0.4, 0.5) is 10.5 Å². The van der Waals surface area contributed by atoms with Crippen molar-refractivity contribution in [1.29, 1.82) is 0 Å². The normalized spacial score (nSPS) is 10.2. The molecule has 0 saturated carbocycles. The summed E-state index contributed by atoms with van der Waals surface area (Å²) in [5.41, 5.74) is 2.93. The first kappa shape index (κ1) is 18.1. The van der Waals surface area contributed by atoms with Crippen LogP contribution in [0.15, 0.2) is 40.9 Å². The van der Waals surface area contributed by atoms with Crippen LogP contribution in [-0.4, -0.2) is 26.8 Å². The Balaban J connectivity index is 1.85. The van der Waals surface area contributed by atoms with Gasteiger partial charge in [0, 0.05) is 16.7 Å². The van der Waals surface area contributed by atoms with Crippen LogP contribution >= 0.6 is 15.9 Å². The minimum Gasteiger partial charge on any atom is -0.493 e. The maximum absolute atomic E-state index is 11.9. The average molecular weight is 393 g/mol. The molecule has 24 heavy (non-hydrogen) atoms. The molecule has 0 radical (unpaired) electrons. The van der Waals surface area contributed by atoms with Crippen LogP contribution in [0.1, 0.15) is 11.1 Å². The van der Waals surface area contributed by atoms with E-state index in [1.54, 1.807) is 14.2 Å². The molecule has 0 atom stereocenters. The van der Waals surface area contributed by atoms with E-state index in [0.717, 1.165) is 21.3 Å². The molecule has 6 heteroatoms. The molecule has 0 aliphatic carbocycles. The van der Waals surface area contributed by atoms with Crippen molar-refractivity contribution in [2.24, 2.45) is 0 Å². The molecule has 0 bridgehead atoms. The number of ether oxygens (including phenoxy) is 2. The van der Waals surface area contributed by atoms with E-state index >= 15 is 0 Å². The van der Waals surface area contributed by atoms with Crippen LogP contribution in [0.3, 0.4) is 0 Å². The Labute approximate surface area is 150 Å². The molecule has 0 aliphatic rings. The van der Waals surface area contributed by atoms with Gasteiger partial charge in [-0.3, -0.25) is 0 Å². The highest BCUT2D eigenvalue weighted by atomic mass is 79.9. The van der Waals surface area contributed by atoms with Crippen molar-refractivity contribution in [1.82, 2.24) is 5.32 Å². The molecule has 128 valence electrons. The lowest BCUT2D eigenvalue weighted by molar-refractivity contribution is 0.252. The van der Waals surface area contributed by atoms with Gasteiger partial charge in [-0.1, -0.05) is 28.1 Å². The predicted octanol–water partition coefficient (Wildman–Crippen LogP) is 4.14. The van der Waals surface area contributed by atoms with E-state index in [1.807, 2.05) is 43.3 Å². The summed E-state index contributed by atoms with van der Waals surface area (Å²) in [5.74, 6) is 1.38. The summed E-state index contributed by atoms with van der Waals surface area (Å²) < 4.78 is 11.4. The molecule has 2 rings (SSSR count). The molecule has 0 spiro atoms. The van der Waals surface area contributed by atoms with E-state index in [1.165, 1.54) is 0 Å². The number of aryl methyl sites for hydroxylation is 1. The quantitative estimate of drug-likeness (QED) is 0.776. The Morgan fingerprint density at radius 3 is 2.50 bits per heavy atom. The van der Waals surface area contributed by atoms with Crippen LogP contribution in [0, 0.1) is 6.92 Å². The summed E-state index contributed by atoms with van der Waals surface area (Å²) in [7, 11) is 3.21. The zero-order chi connectivity index (χ0) is 17.5. The molecule has 2 aromatic rings. The third-order valence-corrected chi connectivity index (χ3v) is 4.43. The number of carbonyl (C=O) groups excluding carboxylic acids is 1. The molecule has 5 nitrogen and oxygen atoms in total. The third kappa shape index (κ3) is 4.89. The summed E-state index contributed by atoms with van der Waals surface area (Å²) >= 11 is 3.45. The second kappa shape index (κ2) is 8.59. The number of hydrogen-bond acceptors (Lipinski definition) is 3. The van der Waals surface area contributed by atoms with Crippen LogP contribution in [-0.2, 0) is 6.42 Å². The van der Waals surface area contributed by atoms with Crippen LogP contribution < -0.4 is 20.1 Å². The van der Waals surface area contributed by atoms with Crippen LogP contribution in [0.25, 0.3) is 0 Å². The van der Waals surface area contributed by atoms with Crippen molar-refractivity contribution in [3.8, 4) is 11.5 Å². The number of anilines is 1. The minimum absolute atomic E-state index is 0.230. The second-order valence-electron chi connectivity index (χ2n) is 5.28. The average Bonchev–Trinajstić information content (AvgIpc) is 2.58. The summed E-state index contributed by atoms with van der Waals surface area (Å²) in [6.07, 6.45) is 0.700. The predicted molar refractivity (Wildman–Crippen MR) is 99.2 cm³/mol. The van der Waals surface area contributed by atoms with Crippen molar-refractivity contribution < 1.29 is 14.3 Å². The first-order valence-corrected chi connectivity index (χ1v) is 8.34. The molecule has 0 unspecified atom stereocenters. The number of nitrogens with one attached hydrogen (secondary N) is 2. The molecule has 0 fully saturated rings. The maximum atomic E-state index is 11.9. The first-order valence-electron chi connectivity index (χ1n) is 7.55. The van der Waals surface area contributed by atoms with Crippen molar-refractivity contribution >= 4 is 27.6 Å². The Morgan fingerprint density at radius 2 is 1.83 bits per heavy atom. The molecule has 0 aromatic heterocycles. The van der Waals surface area contributed by atoms with Gasteiger partial charge in [-0.15, -0.1) is 0 Å². The van der Waals surface area contributed by atoms with Gasteiger partial charge < -0.3 is 20.1 Å². The van der Waals surface area contributed by atoms with E-state index in [-0.39, 0.29) is 6.03 Å². The Hall–Kier alpha value is -2.21. The second-order valence-corrected chi connectivity index (χ2v) is 6.14. The Kier molecular flexibility index (Phi) is 6.49. The SMILES string of the molecule is COc1ccc(CCNC(=O)Nc2ccc(C)c(Br)c2)cc1OC. The van der Waals surface area contributed by atoms with Gasteiger partial charge in [0.15, 0.2) is 11.5 Å². The zero-order valence-corrected chi connectivity index (χ0v) is 15.6. The smallest absolute Gasteiger partial charge is 0.319 e. The number of carbonyl (C=O) groups is 1. The van der Waals surface area contributed by atoms with Gasteiger partial charge >= 0.3 is 6.03 Å². The lowest BCUT2D eigenvalue weighted by Gasteiger charge is -2.11. The van der Waals surface area contributed by atoms with Gasteiger partial charge in [-0.05, 0) is 48.7 Å². The number of halogens is 1. The maximum Gasteiger partial charge on any atom is 0.319 e. The zero-order valence-electron chi connectivity index (χ0n) is 14.0. The van der Waals surface area contributed by atoms with Gasteiger partial charge in [0.05, 0.1) is 14.2 Å². The molecule has 2 amide bonds. The summed E-state index contributed by atoms with van der Waals surface area (Å²) in [4.78, 5) is 11.9. The minimum atomic E-state index is -0.230. The van der Waals surface area contributed by atoms with E-state index in [0.29, 0.717) is 24.5 Å². The molecular formula is C18H21BrN2O3. The van der Waals surface area contributed by atoms with Gasteiger partial charge in [-0.2, -0.15) is 0 Å². The fourth-order valence-corrected chi connectivity index (χ4v) is 2.58. The first-order chi connectivity index (χ1) is 11.5. The largest absolute Gasteiger partial charge is 0.493 e. The van der Waals surface area contributed by atoms with Gasteiger partial charge in [0.25, 0.3) is 0 Å². The van der Waals surface area contributed by atoms with Crippen LogP contribution in [0.5, 0.6) is 11.5 Å². The monoisotopic (exact) mass is 392 g/mol. The van der Waals surface area contributed by atoms with E-state index < -0.39 is 0 Å². The number of benzene rings is 2.